The van der Waals surface area contributed by atoms with Crippen LogP contribution in [0.1, 0.15) is 12.8 Å². The maximum absolute atomic E-state index is 12.4. The quantitative estimate of drug-likeness (QED) is 0.876. The van der Waals surface area contributed by atoms with Gasteiger partial charge in [0.1, 0.15) is 10.5 Å². The van der Waals surface area contributed by atoms with Crippen molar-refractivity contribution in [2.45, 2.75) is 17.7 Å². The van der Waals surface area contributed by atoms with E-state index in [4.69, 9.17) is 0 Å². The van der Waals surface area contributed by atoms with E-state index in [0.717, 1.165) is 12.8 Å². The zero-order valence-electron chi connectivity index (χ0n) is 9.26. The highest BCUT2D eigenvalue weighted by Crippen LogP contribution is 2.26. The molecule has 0 aliphatic carbocycles. The highest BCUT2D eigenvalue weighted by molar-refractivity contribution is 7.89. The Morgan fingerprint density at radius 3 is 2.82 bits per heavy atom. The number of fused-ring (bicyclic) bond motifs is 1. The predicted molar refractivity (Wildman–Crippen MR) is 64.1 cm³/mol. The van der Waals surface area contributed by atoms with E-state index in [1.165, 1.54) is 6.20 Å². The molecule has 3 rings (SSSR count). The van der Waals surface area contributed by atoms with E-state index >= 15 is 0 Å². The topological polar surface area (TPSA) is 66.1 Å². The van der Waals surface area contributed by atoms with E-state index in [1.54, 1.807) is 22.6 Å². The number of hydrogen-bond acceptors (Lipinski definition) is 3. The Morgan fingerprint density at radius 2 is 2.06 bits per heavy atom. The van der Waals surface area contributed by atoms with E-state index in [9.17, 15) is 8.42 Å². The summed E-state index contributed by atoms with van der Waals surface area (Å²) in [6.45, 7) is 1.24. The van der Waals surface area contributed by atoms with Crippen LogP contribution in [0.4, 0.5) is 0 Å². The molecule has 0 atom stereocenters. The molecule has 1 N–H and O–H groups in total. The lowest BCUT2D eigenvalue weighted by atomic mass is 10.3. The van der Waals surface area contributed by atoms with Crippen molar-refractivity contribution >= 4 is 21.1 Å². The molecule has 1 saturated heterocycles. The molecule has 17 heavy (non-hydrogen) atoms. The summed E-state index contributed by atoms with van der Waals surface area (Å²) in [7, 11) is -3.36. The van der Waals surface area contributed by atoms with Gasteiger partial charge in [0.15, 0.2) is 0 Å². The number of rotatable bonds is 2. The van der Waals surface area contributed by atoms with Gasteiger partial charge in [-0.15, -0.1) is 0 Å². The van der Waals surface area contributed by atoms with Gasteiger partial charge in [-0.2, -0.15) is 4.31 Å². The van der Waals surface area contributed by atoms with Crippen LogP contribution in [-0.2, 0) is 10.0 Å². The number of sulfonamides is 1. The Balaban J connectivity index is 2.14. The summed E-state index contributed by atoms with van der Waals surface area (Å²) in [4.78, 5) is 7.34. The Bertz CT molecular complexity index is 642. The molecule has 0 spiro atoms. The minimum Gasteiger partial charge on any atom is -0.345 e. The lowest BCUT2D eigenvalue weighted by Crippen LogP contribution is -2.27. The fourth-order valence-corrected chi connectivity index (χ4v) is 3.88. The average molecular weight is 251 g/mol. The van der Waals surface area contributed by atoms with E-state index in [0.29, 0.717) is 29.0 Å². The summed E-state index contributed by atoms with van der Waals surface area (Å²) >= 11 is 0. The van der Waals surface area contributed by atoms with Crippen molar-refractivity contribution in [3.8, 4) is 0 Å². The van der Waals surface area contributed by atoms with E-state index in [2.05, 4.69) is 9.97 Å². The van der Waals surface area contributed by atoms with Crippen LogP contribution in [0.15, 0.2) is 29.4 Å². The number of pyridine rings is 1. The van der Waals surface area contributed by atoms with Gasteiger partial charge in [0.05, 0.1) is 0 Å². The van der Waals surface area contributed by atoms with Crippen molar-refractivity contribution in [1.82, 2.24) is 14.3 Å². The second kappa shape index (κ2) is 3.82. The van der Waals surface area contributed by atoms with Crippen LogP contribution in [0, 0.1) is 0 Å². The first-order chi connectivity index (χ1) is 8.19. The van der Waals surface area contributed by atoms with Gasteiger partial charge in [0.25, 0.3) is 0 Å². The minimum absolute atomic E-state index is 0.336. The summed E-state index contributed by atoms with van der Waals surface area (Å²) in [6.07, 6.45) is 5.07. The smallest absolute Gasteiger partial charge is 0.245 e. The number of hydrogen-bond donors (Lipinski definition) is 1. The molecule has 0 aromatic carbocycles. The Labute approximate surface area is 99.5 Å². The molecule has 0 radical (unpaired) electrons. The minimum atomic E-state index is -3.36. The van der Waals surface area contributed by atoms with E-state index in [1.807, 2.05) is 0 Å². The van der Waals surface area contributed by atoms with Crippen molar-refractivity contribution in [3.05, 3.63) is 24.5 Å². The van der Waals surface area contributed by atoms with Gasteiger partial charge in [-0.3, -0.25) is 0 Å². The Hall–Kier alpha value is -1.40. The fourth-order valence-electron chi connectivity index (χ4n) is 2.21. The summed E-state index contributed by atoms with van der Waals surface area (Å²) in [5.74, 6) is 0. The molecule has 0 amide bonds. The Kier molecular flexibility index (Phi) is 2.41. The van der Waals surface area contributed by atoms with Crippen molar-refractivity contribution in [2.24, 2.45) is 0 Å². The Morgan fingerprint density at radius 1 is 1.29 bits per heavy atom. The third-order valence-corrected chi connectivity index (χ3v) is 5.03. The molecule has 0 unspecified atom stereocenters. The second-order valence-electron chi connectivity index (χ2n) is 4.16. The second-order valence-corrected chi connectivity index (χ2v) is 6.07. The first-order valence-corrected chi connectivity index (χ1v) is 7.06. The third kappa shape index (κ3) is 1.64. The molecule has 3 heterocycles. The van der Waals surface area contributed by atoms with Gasteiger partial charge in [-0.1, -0.05) is 0 Å². The third-order valence-electron chi connectivity index (χ3n) is 3.10. The van der Waals surface area contributed by atoms with Crippen LogP contribution < -0.4 is 0 Å². The molecule has 2 aromatic rings. The van der Waals surface area contributed by atoms with Crippen LogP contribution in [0.25, 0.3) is 11.0 Å². The zero-order valence-corrected chi connectivity index (χ0v) is 10.1. The molecule has 1 fully saturated rings. The highest BCUT2D eigenvalue weighted by Gasteiger charge is 2.29. The van der Waals surface area contributed by atoms with Crippen LogP contribution in [-0.4, -0.2) is 35.8 Å². The molecule has 2 aromatic heterocycles. The van der Waals surface area contributed by atoms with Gasteiger partial charge >= 0.3 is 0 Å². The van der Waals surface area contributed by atoms with Gasteiger partial charge in [-0.25, -0.2) is 13.4 Å². The van der Waals surface area contributed by atoms with E-state index < -0.39 is 10.0 Å². The first kappa shape index (κ1) is 10.7. The molecule has 5 nitrogen and oxygen atoms in total. The first-order valence-electron chi connectivity index (χ1n) is 5.62. The monoisotopic (exact) mass is 251 g/mol. The largest absolute Gasteiger partial charge is 0.345 e. The van der Waals surface area contributed by atoms with Crippen LogP contribution in [0.3, 0.4) is 0 Å². The lowest BCUT2D eigenvalue weighted by molar-refractivity contribution is 0.478. The maximum atomic E-state index is 12.4. The molecular formula is C11H13N3O2S. The van der Waals surface area contributed by atoms with E-state index in [-0.39, 0.29) is 0 Å². The zero-order chi connectivity index (χ0) is 11.9. The van der Waals surface area contributed by atoms with Crippen LogP contribution in [0.5, 0.6) is 0 Å². The number of nitrogens with one attached hydrogen (secondary N) is 1. The van der Waals surface area contributed by atoms with Crippen LogP contribution >= 0.6 is 0 Å². The standard InChI is InChI=1S/C11H13N3O2S/c15-17(16,14-6-1-2-7-14)10-8-13-11-9(10)4-3-5-12-11/h3-5,8H,1-2,6-7H2,(H,12,13). The molecule has 0 saturated carbocycles. The summed E-state index contributed by atoms with van der Waals surface area (Å²) in [6, 6.07) is 3.53. The van der Waals surface area contributed by atoms with Gasteiger partial charge in [0, 0.05) is 30.9 Å². The van der Waals surface area contributed by atoms with Crippen molar-refractivity contribution < 1.29 is 8.42 Å². The summed E-state index contributed by atoms with van der Waals surface area (Å²) in [5.41, 5.74) is 0.616. The summed E-state index contributed by atoms with van der Waals surface area (Å²) < 4.78 is 26.3. The van der Waals surface area contributed by atoms with Crippen molar-refractivity contribution in [1.29, 1.82) is 0 Å². The number of aromatic nitrogens is 2. The molecule has 1 aliphatic rings. The molecule has 90 valence electrons. The number of aromatic amines is 1. The van der Waals surface area contributed by atoms with Gasteiger partial charge in [-0.05, 0) is 25.0 Å². The van der Waals surface area contributed by atoms with Crippen molar-refractivity contribution in [2.75, 3.05) is 13.1 Å². The summed E-state index contributed by atoms with van der Waals surface area (Å²) in [5, 5.41) is 0.666. The normalized spacial score (nSPS) is 17.9. The molecule has 1 aliphatic heterocycles. The SMILES string of the molecule is O=S(=O)(c1c[nH]c2ncccc12)N1CCCC1. The lowest BCUT2D eigenvalue weighted by Gasteiger charge is -2.14. The highest BCUT2D eigenvalue weighted by atomic mass is 32.2. The van der Waals surface area contributed by atoms with Gasteiger partial charge < -0.3 is 4.98 Å². The average Bonchev–Trinajstić information content (AvgIpc) is 2.99. The predicted octanol–water partition coefficient (Wildman–Crippen LogP) is 1.35. The molecule has 0 bridgehead atoms. The van der Waals surface area contributed by atoms with Crippen molar-refractivity contribution in [3.63, 3.8) is 0 Å². The van der Waals surface area contributed by atoms with Crippen LogP contribution in [0.2, 0.25) is 0 Å². The maximum Gasteiger partial charge on any atom is 0.245 e. The molecular weight excluding hydrogens is 238 g/mol. The number of nitrogens with zero attached hydrogens (tertiary/aromatic N) is 2. The molecule has 6 heteroatoms. The number of H-pyrrole nitrogens is 1. The fraction of sp³-hybridized carbons (Fsp3) is 0.364. The van der Waals surface area contributed by atoms with Gasteiger partial charge in [0.2, 0.25) is 10.0 Å².